The highest BCUT2D eigenvalue weighted by Gasteiger charge is 2.26. The molecule has 0 aliphatic rings. The second-order valence-corrected chi connectivity index (χ2v) is 6.43. The molecule has 1 aromatic carbocycles. The molecule has 0 atom stereocenters. The molecule has 1 heterocycles. The third-order valence-corrected chi connectivity index (χ3v) is 4.71. The number of nitro groups is 1. The minimum Gasteiger partial charge on any atom is -0.293 e. The summed E-state index contributed by atoms with van der Waals surface area (Å²) >= 11 is 0.922. The van der Waals surface area contributed by atoms with Gasteiger partial charge in [-0.1, -0.05) is 12.1 Å². The zero-order valence-electron chi connectivity index (χ0n) is 10.6. The van der Waals surface area contributed by atoms with Crippen LogP contribution in [0.5, 0.6) is 0 Å². The van der Waals surface area contributed by atoms with Crippen LogP contribution in [-0.4, -0.2) is 24.1 Å². The van der Waals surface area contributed by atoms with E-state index in [1.165, 1.54) is 24.4 Å². The molecule has 0 saturated heterocycles. The molecule has 2 aromatic rings. The molecule has 0 amide bonds. The molecule has 1 aromatic heterocycles. The molecule has 10 heteroatoms. The van der Waals surface area contributed by atoms with Crippen molar-refractivity contribution in [3.05, 3.63) is 45.5 Å². The predicted molar refractivity (Wildman–Crippen MR) is 76.0 cm³/mol. The summed E-state index contributed by atoms with van der Waals surface area (Å²) in [5.74, 6) is -0.303. The van der Waals surface area contributed by atoms with Crippen LogP contribution in [-0.2, 0) is 10.0 Å². The first kappa shape index (κ1) is 15.1. The fraction of sp³-hybridized carbons (Fsp3) is 0.0909. The fourth-order valence-electron chi connectivity index (χ4n) is 1.49. The number of aromatic nitrogens is 1. The van der Waals surface area contributed by atoms with Crippen molar-refractivity contribution in [1.29, 1.82) is 0 Å². The number of rotatable bonds is 5. The Kier molecular flexibility index (Phi) is 4.00. The number of para-hydroxylation sites is 1. The second-order valence-electron chi connectivity index (χ2n) is 3.92. The molecular formula is C11H9N3O5S2. The van der Waals surface area contributed by atoms with E-state index in [0.29, 0.717) is 0 Å². The Morgan fingerprint density at radius 3 is 2.62 bits per heavy atom. The first-order chi connectivity index (χ1) is 9.81. The van der Waals surface area contributed by atoms with Gasteiger partial charge in [0.15, 0.2) is 15.8 Å². The van der Waals surface area contributed by atoms with E-state index in [0.717, 1.165) is 23.5 Å². The van der Waals surface area contributed by atoms with Crippen LogP contribution in [0.4, 0.5) is 10.8 Å². The van der Waals surface area contributed by atoms with Gasteiger partial charge in [-0.25, -0.2) is 13.4 Å². The van der Waals surface area contributed by atoms with Crippen molar-refractivity contribution in [3.8, 4) is 0 Å². The van der Waals surface area contributed by atoms with Crippen LogP contribution in [0.25, 0.3) is 0 Å². The van der Waals surface area contributed by atoms with Gasteiger partial charge in [-0.2, -0.15) is 0 Å². The van der Waals surface area contributed by atoms with E-state index in [1.54, 1.807) is 0 Å². The molecule has 8 nitrogen and oxygen atoms in total. The molecule has 110 valence electrons. The van der Waals surface area contributed by atoms with E-state index in [2.05, 4.69) is 9.71 Å². The summed E-state index contributed by atoms with van der Waals surface area (Å²) in [5, 5.41) is 12.2. The molecule has 0 radical (unpaired) electrons. The van der Waals surface area contributed by atoms with Gasteiger partial charge in [0.05, 0.1) is 4.92 Å². The van der Waals surface area contributed by atoms with Crippen molar-refractivity contribution in [2.24, 2.45) is 0 Å². The molecule has 0 unspecified atom stereocenters. The number of carbonyl (C=O) groups excluding carboxylic acids is 1. The number of thiazole rings is 1. The number of Topliss-reactive ketones (excluding diaryl/α,β-unsaturated/α-hetero) is 1. The van der Waals surface area contributed by atoms with Crippen molar-refractivity contribution in [3.63, 3.8) is 0 Å². The Labute approximate surface area is 123 Å². The molecule has 0 aliphatic heterocycles. The molecule has 1 N–H and O–H groups in total. The van der Waals surface area contributed by atoms with Gasteiger partial charge < -0.3 is 0 Å². The molecule has 0 saturated carbocycles. The number of anilines is 1. The maximum Gasteiger partial charge on any atom is 0.289 e. The zero-order chi connectivity index (χ0) is 15.6. The van der Waals surface area contributed by atoms with Crippen LogP contribution in [0.2, 0.25) is 0 Å². The van der Waals surface area contributed by atoms with Crippen LogP contribution in [0.3, 0.4) is 0 Å². The summed E-state index contributed by atoms with van der Waals surface area (Å²) in [7, 11) is -4.16. The lowest BCUT2D eigenvalue weighted by atomic mass is 10.3. The van der Waals surface area contributed by atoms with Gasteiger partial charge in [0, 0.05) is 18.4 Å². The lowest BCUT2D eigenvalue weighted by Gasteiger charge is -2.05. The molecule has 2 rings (SSSR count). The molecule has 0 bridgehead atoms. The minimum atomic E-state index is -4.16. The third kappa shape index (κ3) is 3.23. The van der Waals surface area contributed by atoms with Gasteiger partial charge in [0.2, 0.25) is 0 Å². The van der Waals surface area contributed by atoms with E-state index < -0.39 is 25.5 Å². The Balaban J connectivity index is 2.38. The average Bonchev–Trinajstić information content (AvgIpc) is 2.86. The minimum absolute atomic E-state index is 0.0293. The summed E-state index contributed by atoms with van der Waals surface area (Å²) in [4.78, 5) is 24.5. The van der Waals surface area contributed by atoms with Gasteiger partial charge in [0.25, 0.3) is 15.7 Å². The quantitative estimate of drug-likeness (QED) is 0.510. The monoisotopic (exact) mass is 327 g/mol. The Hall–Kier alpha value is -2.33. The van der Waals surface area contributed by atoms with Crippen molar-refractivity contribution in [2.45, 2.75) is 11.8 Å². The van der Waals surface area contributed by atoms with Crippen LogP contribution in [0.1, 0.15) is 17.4 Å². The average molecular weight is 327 g/mol. The Bertz CT molecular complexity index is 813. The van der Waals surface area contributed by atoms with E-state index in [9.17, 15) is 23.3 Å². The summed E-state index contributed by atoms with van der Waals surface area (Å²) < 4.78 is 26.5. The van der Waals surface area contributed by atoms with Crippen LogP contribution < -0.4 is 4.72 Å². The van der Waals surface area contributed by atoms with Gasteiger partial charge in [0.1, 0.15) is 5.69 Å². The van der Waals surface area contributed by atoms with Gasteiger partial charge in [-0.15, -0.1) is 11.3 Å². The van der Waals surface area contributed by atoms with Crippen molar-refractivity contribution < 1.29 is 18.1 Å². The highest BCUT2D eigenvalue weighted by atomic mass is 32.2. The first-order valence-electron chi connectivity index (χ1n) is 5.54. The molecule has 21 heavy (non-hydrogen) atoms. The maximum atomic E-state index is 12.2. The number of ketones is 1. The highest BCUT2D eigenvalue weighted by molar-refractivity contribution is 7.93. The summed E-state index contributed by atoms with van der Waals surface area (Å²) in [6.45, 7) is 1.30. The number of hydrogen-bond donors (Lipinski definition) is 1. The molecule has 0 aliphatic carbocycles. The summed E-state index contributed by atoms with van der Waals surface area (Å²) in [6, 6.07) is 4.97. The van der Waals surface area contributed by atoms with E-state index in [4.69, 9.17) is 0 Å². The predicted octanol–water partition coefficient (Wildman–Crippen LogP) is 2.05. The lowest BCUT2D eigenvalue weighted by Crippen LogP contribution is -2.14. The van der Waals surface area contributed by atoms with Crippen LogP contribution in [0, 0.1) is 10.1 Å². The fourth-order valence-corrected chi connectivity index (χ4v) is 3.66. The van der Waals surface area contributed by atoms with Gasteiger partial charge in [-0.3, -0.25) is 19.6 Å². The highest BCUT2D eigenvalue weighted by Crippen LogP contribution is 2.26. The second kappa shape index (κ2) is 5.58. The van der Waals surface area contributed by atoms with Crippen LogP contribution >= 0.6 is 11.3 Å². The summed E-state index contributed by atoms with van der Waals surface area (Å²) in [5.41, 5.74) is -0.409. The number of carbonyl (C=O) groups is 1. The van der Waals surface area contributed by atoms with Crippen molar-refractivity contribution >= 4 is 38.0 Å². The first-order valence-corrected chi connectivity index (χ1v) is 7.90. The van der Waals surface area contributed by atoms with Crippen LogP contribution in [0.15, 0.2) is 34.5 Å². The number of nitrogens with zero attached hydrogens (tertiary/aromatic N) is 2. The lowest BCUT2D eigenvalue weighted by molar-refractivity contribution is -0.387. The number of sulfonamides is 1. The van der Waals surface area contributed by atoms with E-state index >= 15 is 0 Å². The van der Waals surface area contributed by atoms with Gasteiger partial charge >= 0.3 is 0 Å². The maximum absolute atomic E-state index is 12.2. The molecule has 0 spiro atoms. The normalized spacial score (nSPS) is 11.1. The van der Waals surface area contributed by atoms with E-state index in [-0.39, 0.29) is 16.6 Å². The van der Waals surface area contributed by atoms with Crippen molar-refractivity contribution in [2.75, 3.05) is 4.72 Å². The Morgan fingerprint density at radius 1 is 1.38 bits per heavy atom. The Morgan fingerprint density at radius 2 is 2.05 bits per heavy atom. The third-order valence-electron chi connectivity index (χ3n) is 2.44. The topological polar surface area (TPSA) is 119 Å². The molecular weight excluding hydrogens is 318 g/mol. The number of nitrogens with one attached hydrogen (secondary N) is 1. The smallest absolute Gasteiger partial charge is 0.289 e. The largest absolute Gasteiger partial charge is 0.293 e. The number of hydrogen-bond acceptors (Lipinski definition) is 7. The SMILES string of the molecule is CC(=O)c1csc(NS(=O)(=O)c2ccccc2[N+](=O)[O-])n1. The van der Waals surface area contributed by atoms with E-state index in [1.807, 2.05) is 0 Å². The molecule has 0 fully saturated rings. The summed E-state index contributed by atoms with van der Waals surface area (Å²) in [6.07, 6.45) is 0. The van der Waals surface area contributed by atoms with Crippen molar-refractivity contribution in [1.82, 2.24) is 4.98 Å². The van der Waals surface area contributed by atoms with Gasteiger partial charge in [-0.05, 0) is 6.07 Å². The standard InChI is InChI=1S/C11H9N3O5S2/c1-7(15)8-6-20-11(12-8)13-21(18,19)10-5-3-2-4-9(10)14(16)17/h2-6H,1H3,(H,12,13). The number of benzene rings is 1. The number of nitro benzene ring substituents is 1. The zero-order valence-corrected chi connectivity index (χ0v) is 12.3.